The van der Waals surface area contributed by atoms with E-state index in [1.54, 1.807) is 18.2 Å². The van der Waals surface area contributed by atoms with Crippen molar-refractivity contribution < 1.29 is 9.90 Å². The van der Waals surface area contributed by atoms with Gasteiger partial charge in [0.25, 0.3) is 0 Å². The third-order valence-corrected chi connectivity index (χ3v) is 2.66. The number of hydrogen-bond donors (Lipinski definition) is 3. The van der Waals surface area contributed by atoms with Gasteiger partial charge >= 0.3 is 0 Å². The molecule has 0 aliphatic carbocycles. The van der Waals surface area contributed by atoms with Crippen LogP contribution in [0, 0.1) is 0 Å². The Bertz CT molecular complexity index is 368. The molecular weight excluding hydrogens is 260 g/mol. The first-order chi connectivity index (χ1) is 7.06. The lowest BCUT2D eigenvalue weighted by atomic mass is 10.2. The van der Waals surface area contributed by atoms with Crippen LogP contribution < -0.4 is 11.1 Å². The summed E-state index contributed by atoms with van der Waals surface area (Å²) in [7, 11) is 0. The first kappa shape index (κ1) is 12.0. The highest BCUT2D eigenvalue weighted by Crippen LogP contribution is 2.31. The summed E-state index contributed by atoms with van der Waals surface area (Å²) in [6, 6.07) is 4.46. The molecule has 4 nitrogen and oxygen atoms in total. The number of nitrogens with one attached hydrogen (secondary N) is 1. The standard InChI is InChI=1S/C10H13BrN2O2/c1-2-7(12)10(15)13-8-5-3-4-6(11)9(8)14/h3-5,7,14H,2,12H2,1H3,(H,13,15)/t7-/m1/s1. The van der Waals surface area contributed by atoms with E-state index in [0.717, 1.165) is 0 Å². The number of rotatable bonds is 3. The molecular formula is C10H13BrN2O2. The molecule has 0 bridgehead atoms. The van der Waals surface area contributed by atoms with E-state index >= 15 is 0 Å². The number of halogens is 1. The number of benzene rings is 1. The van der Waals surface area contributed by atoms with Gasteiger partial charge in [0.15, 0.2) is 5.75 Å². The molecule has 0 aromatic heterocycles. The number of anilines is 1. The van der Waals surface area contributed by atoms with E-state index in [2.05, 4.69) is 21.2 Å². The van der Waals surface area contributed by atoms with Gasteiger partial charge in [0, 0.05) is 0 Å². The summed E-state index contributed by atoms with van der Waals surface area (Å²) >= 11 is 3.16. The van der Waals surface area contributed by atoms with Gasteiger partial charge in [-0.3, -0.25) is 4.79 Å². The Morgan fingerprint density at radius 2 is 2.33 bits per heavy atom. The molecule has 1 rings (SSSR count). The zero-order valence-electron chi connectivity index (χ0n) is 8.33. The molecule has 5 heteroatoms. The molecule has 0 radical (unpaired) electrons. The minimum atomic E-state index is -0.552. The van der Waals surface area contributed by atoms with Gasteiger partial charge in [-0.05, 0) is 34.5 Å². The molecule has 1 amide bonds. The van der Waals surface area contributed by atoms with Crippen molar-refractivity contribution >= 4 is 27.5 Å². The Kier molecular flexibility index (Phi) is 4.11. The van der Waals surface area contributed by atoms with Crippen LogP contribution in [0.5, 0.6) is 5.75 Å². The fraction of sp³-hybridized carbons (Fsp3) is 0.300. The first-order valence-electron chi connectivity index (χ1n) is 4.60. The number of aromatic hydroxyl groups is 1. The molecule has 0 heterocycles. The summed E-state index contributed by atoms with van der Waals surface area (Å²) in [4.78, 5) is 11.4. The predicted octanol–water partition coefficient (Wildman–Crippen LogP) is 1.83. The number of hydrogen-bond acceptors (Lipinski definition) is 3. The summed E-state index contributed by atoms with van der Waals surface area (Å²) in [6.45, 7) is 1.82. The Balaban J connectivity index is 2.81. The van der Waals surface area contributed by atoms with Crippen LogP contribution in [0.2, 0.25) is 0 Å². The highest BCUT2D eigenvalue weighted by molar-refractivity contribution is 9.10. The Morgan fingerprint density at radius 1 is 1.67 bits per heavy atom. The Hall–Kier alpha value is -1.07. The van der Waals surface area contributed by atoms with Gasteiger partial charge in [0.05, 0.1) is 16.2 Å². The van der Waals surface area contributed by atoms with E-state index in [4.69, 9.17) is 5.73 Å². The molecule has 4 N–H and O–H groups in total. The summed E-state index contributed by atoms with van der Waals surface area (Å²) in [5.74, 6) is -0.292. The van der Waals surface area contributed by atoms with E-state index in [1.807, 2.05) is 6.92 Å². The average Bonchev–Trinajstić information content (AvgIpc) is 2.23. The summed E-state index contributed by atoms with van der Waals surface area (Å²) in [5, 5.41) is 12.2. The topological polar surface area (TPSA) is 75.4 Å². The van der Waals surface area contributed by atoms with Gasteiger partial charge < -0.3 is 16.2 Å². The fourth-order valence-corrected chi connectivity index (χ4v) is 1.39. The average molecular weight is 273 g/mol. The van der Waals surface area contributed by atoms with Gasteiger partial charge in [-0.15, -0.1) is 0 Å². The van der Waals surface area contributed by atoms with Crippen molar-refractivity contribution in [3.05, 3.63) is 22.7 Å². The van der Waals surface area contributed by atoms with Crippen molar-refractivity contribution in [1.82, 2.24) is 0 Å². The highest BCUT2D eigenvalue weighted by Gasteiger charge is 2.13. The zero-order chi connectivity index (χ0) is 11.4. The zero-order valence-corrected chi connectivity index (χ0v) is 9.91. The minimum absolute atomic E-state index is 0.00848. The smallest absolute Gasteiger partial charge is 0.241 e. The van der Waals surface area contributed by atoms with Gasteiger partial charge in [0.1, 0.15) is 0 Å². The van der Waals surface area contributed by atoms with Crippen LogP contribution in [0.3, 0.4) is 0 Å². The Morgan fingerprint density at radius 3 is 2.93 bits per heavy atom. The van der Waals surface area contributed by atoms with Crippen LogP contribution in [0.25, 0.3) is 0 Å². The third-order valence-electron chi connectivity index (χ3n) is 2.02. The first-order valence-corrected chi connectivity index (χ1v) is 5.39. The van der Waals surface area contributed by atoms with E-state index in [9.17, 15) is 9.90 Å². The number of phenols is 1. The molecule has 0 aliphatic heterocycles. The molecule has 82 valence electrons. The van der Waals surface area contributed by atoms with Gasteiger partial charge in [-0.1, -0.05) is 13.0 Å². The molecule has 0 saturated carbocycles. The van der Waals surface area contributed by atoms with Gasteiger partial charge in [-0.2, -0.15) is 0 Å². The van der Waals surface area contributed by atoms with Crippen molar-refractivity contribution in [2.24, 2.45) is 5.73 Å². The number of carbonyl (C=O) groups is 1. The molecule has 0 spiro atoms. The van der Waals surface area contributed by atoms with Crippen molar-refractivity contribution in [3.63, 3.8) is 0 Å². The summed E-state index contributed by atoms with van der Waals surface area (Å²) < 4.78 is 0.533. The minimum Gasteiger partial charge on any atom is -0.505 e. The fourth-order valence-electron chi connectivity index (χ4n) is 1.03. The molecule has 1 atom stereocenters. The summed E-state index contributed by atoms with van der Waals surface area (Å²) in [6.07, 6.45) is 0.556. The van der Waals surface area contributed by atoms with Crippen molar-refractivity contribution in [1.29, 1.82) is 0 Å². The molecule has 1 aromatic rings. The van der Waals surface area contributed by atoms with E-state index in [-0.39, 0.29) is 11.7 Å². The predicted molar refractivity (Wildman–Crippen MR) is 62.7 cm³/mol. The number of para-hydroxylation sites is 1. The lowest BCUT2D eigenvalue weighted by molar-refractivity contribution is -0.117. The van der Waals surface area contributed by atoms with Crippen molar-refractivity contribution in [2.45, 2.75) is 19.4 Å². The van der Waals surface area contributed by atoms with Crippen molar-refractivity contribution in [2.75, 3.05) is 5.32 Å². The third kappa shape index (κ3) is 2.94. The second-order valence-corrected chi connectivity index (χ2v) is 3.99. The number of amides is 1. The number of nitrogens with two attached hydrogens (primary N) is 1. The van der Waals surface area contributed by atoms with Crippen LogP contribution in [-0.2, 0) is 4.79 Å². The van der Waals surface area contributed by atoms with E-state index in [1.165, 1.54) is 0 Å². The van der Waals surface area contributed by atoms with Crippen LogP contribution >= 0.6 is 15.9 Å². The summed E-state index contributed by atoms with van der Waals surface area (Å²) in [5.41, 5.74) is 5.91. The van der Waals surface area contributed by atoms with Crippen LogP contribution in [0.4, 0.5) is 5.69 Å². The van der Waals surface area contributed by atoms with E-state index in [0.29, 0.717) is 16.6 Å². The Labute approximate surface area is 96.6 Å². The lowest BCUT2D eigenvalue weighted by Crippen LogP contribution is -2.34. The van der Waals surface area contributed by atoms with Crippen LogP contribution in [-0.4, -0.2) is 17.1 Å². The highest BCUT2D eigenvalue weighted by atomic mass is 79.9. The van der Waals surface area contributed by atoms with E-state index < -0.39 is 6.04 Å². The van der Waals surface area contributed by atoms with Gasteiger partial charge in [0.2, 0.25) is 5.91 Å². The van der Waals surface area contributed by atoms with Crippen LogP contribution in [0.15, 0.2) is 22.7 Å². The maximum atomic E-state index is 11.4. The second-order valence-electron chi connectivity index (χ2n) is 3.14. The number of phenolic OH excluding ortho intramolecular Hbond substituents is 1. The molecule has 15 heavy (non-hydrogen) atoms. The second kappa shape index (κ2) is 5.14. The molecule has 1 aromatic carbocycles. The largest absolute Gasteiger partial charge is 0.505 e. The van der Waals surface area contributed by atoms with Gasteiger partial charge in [-0.25, -0.2) is 0 Å². The SMILES string of the molecule is CC[C@@H](N)C(=O)Nc1cccc(Br)c1O. The molecule has 0 aliphatic rings. The van der Waals surface area contributed by atoms with Crippen molar-refractivity contribution in [3.8, 4) is 5.75 Å². The molecule has 0 saturated heterocycles. The number of carbonyl (C=O) groups excluding carboxylic acids is 1. The molecule has 0 unspecified atom stereocenters. The lowest BCUT2D eigenvalue weighted by Gasteiger charge is -2.11. The van der Waals surface area contributed by atoms with Crippen LogP contribution in [0.1, 0.15) is 13.3 Å². The molecule has 0 fully saturated rings. The normalized spacial score (nSPS) is 12.2. The maximum Gasteiger partial charge on any atom is 0.241 e. The maximum absolute atomic E-state index is 11.4. The monoisotopic (exact) mass is 272 g/mol. The quantitative estimate of drug-likeness (QED) is 0.735.